The van der Waals surface area contributed by atoms with Crippen LogP contribution in [0.5, 0.6) is 0 Å². The van der Waals surface area contributed by atoms with E-state index in [9.17, 15) is 9.18 Å². The summed E-state index contributed by atoms with van der Waals surface area (Å²) in [6.45, 7) is 7.32. The molecule has 0 aromatic carbocycles. The number of nitrogens with zero attached hydrogens (tertiary/aromatic N) is 1. The Labute approximate surface area is 159 Å². The van der Waals surface area contributed by atoms with Crippen LogP contribution in [0.2, 0.25) is 0 Å². The van der Waals surface area contributed by atoms with Gasteiger partial charge < -0.3 is 14.3 Å². The lowest BCUT2D eigenvalue weighted by atomic mass is 9.91. The van der Waals surface area contributed by atoms with Crippen LogP contribution in [0.1, 0.15) is 59.3 Å². The number of ether oxygens (including phenoxy) is 1. The van der Waals surface area contributed by atoms with Gasteiger partial charge in [-0.25, -0.2) is 4.39 Å². The highest BCUT2D eigenvalue weighted by atomic mass is 32.1. The summed E-state index contributed by atoms with van der Waals surface area (Å²) in [4.78, 5) is 14.7. The van der Waals surface area contributed by atoms with E-state index >= 15 is 0 Å². The zero-order valence-corrected chi connectivity index (χ0v) is 17.0. The molecule has 0 aliphatic rings. The molecule has 1 heterocycles. The predicted molar refractivity (Wildman–Crippen MR) is 103 cm³/mol. The van der Waals surface area contributed by atoms with Crippen molar-refractivity contribution in [3.8, 4) is 0 Å². The summed E-state index contributed by atoms with van der Waals surface area (Å²) in [6.07, 6.45) is 6.89. The number of carbonyl (C=O) groups is 1. The molecule has 0 aliphatic heterocycles. The highest BCUT2D eigenvalue weighted by molar-refractivity contribution is 7.72. The van der Waals surface area contributed by atoms with Gasteiger partial charge in [0.15, 0.2) is 10.6 Å². The number of aryl methyl sites for hydroxylation is 1. The van der Waals surface area contributed by atoms with Crippen molar-refractivity contribution in [3.63, 3.8) is 0 Å². The fourth-order valence-electron chi connectivity index (χ4n) is 2.70. The monoisotopic (exact) mass is 388 g/mol. The highest BCUT2D eigenvalue weighted by Gasteiger charge is 2.22. The summed E-state index contributed by atoms with van der Waals surface area (Å²) in [6, 6.07) is 0. The van der Waals surface area contributed by atoms with E-state index in [0.717, 1.165) is 38.5 Å². The highest BCUT2D eigenvalue weighted by Crippen LogP contribution is 2.19. The molecule has 0 saturated carbocycles. The average Bonchev–Trinajstić information content (AvgIpc) is 2.55. The molecule has 7 heteroatoms. The van der Waals surface area contributed by atoms with Crippen molar-refractivity contribution in [1.29, 1.82) is 0 Å². The van der Waals surface area contributed by atoms with Crippen molar-refractivity contribution < 1.29 is 13.9 Å². The molecule has 0 bridgehead atoms. The van der Waals surface area contributed by atoms with Crippen LogP contribution < -0.4 is 0 Å². The molecule has 0 fully saturated rings. The number of carbonyl (C=O) groups excluding carboxylic acids is 1. The summed E-state index contributed by atoms with van der Waals surface area (Å²) < 4.78 is 21.0. The Hall–Kier alpha value is -1.08. The van der Waals surface area contributed by atoms with Crippen LogP contribution in [-0.2, 0) is 16.1 Å². The van der Waals surface area contributed by atoms with Crippen LogP contribution in [-0.4, -0.2) is 22.1 Å². The van der Waals surface area contributed by atoms with Crippen molar-refractivity contribution in [2.24, 2.45) is 11.8 Å². The molecule has 1 aromatic heterocycles. The molecule has 1 atom stereocenters. The Bertz CT molecular complexity index is 655. The maximum Gasteiger partial charge on any atom is 0.309 e. The molecule has 1 N–H and O–H groups in total. The lowest BCUT2D eigenvalue weighted by Gasteiger charge is -2.18. The summed E-state index contributed by atoms with van der Waals surface area (Å²) in [7, 11) is 0. The fraction of sp³-hybridized carbons (Fsp3) is 0.722. The number of hydrogen-bond acceptors (Lipinski definition) is 4. The Morgan fingerprint density at radius 2 is 1.96 bits per heavy atom. The molecule has 0 aliphatic carbocycles. The fourth-order valence-corrected chi connectivity index (χ4v) is 3.16. The molecule has 0 saturated heterocycles. The smallest absolute Gasteiger partial charge is 0.309 e. The third-order valence-electron chi connectivity index (χ3n) is 4.21. The first-order valence-corrected chi connectivity index (χ1v) is 9.84. The van der Waals surface area contributed by atoms with Gasteiger partial charge in [0.2, 0.25) is 0 Å². The van der Waals surface area contributed by atoms with Crippen LogP contribution in [0.25, 0.3) is 0 Å². The van der Waals surface area contributed by atoms with Crippen LogP contribution in [0.15, 0.2) is 6.20 Å². The largest absolute Gasteiger partial charge is 0.465 e. The second-order valence-electron chi connectivity index (χ2n) is 6.65. The van der Waals surface area contributed by atoms with Gasteiger partial charge in [0.25, 0.3) is 0 Å². The number of aromatic amines is 1. The Morgan fingerprint density at radius 3 is 2.60 bits per heavy atom. The lowest BCUT2D eigenvalue weighted by Crippen LogP contribution is -2.23. The number of aromatic nitrogens is 2. The molecule has 4 nitrogen and oxygen atoms in total. The van der Waals surface area contributed by atoms with Gasteiger partial charge in [-0.05, 0) is 43.8 Å². The molecule has 0 spiro atoms. The number of esters is 1. The quantitative estimate of drug-likeness (QED) is 0.305. The number of nitrogens with one attached hydrogen (secondary N) is 1. The maximum atomic E-state index is 13.4. The first kappa shape index (κ1) is 22.0. The summed E-state index contributed by atoms with van der Waals surface area (Å²) in [5.74, 6) is -0.207. The topological polar surface area (TPSA) is 47.0 Å². The minimum absolute atomic E-state index is 0.00498. The van der Waals surface area contributed by atoms with Crippen molar-refractivity contribution in [2.75, 3.05) is 6.61 Å². The first-order chi connectivity index (χ1) is 11.9. The molecular formula is C18H29FN2O2S2. The summed E-state index contributed by atoms with van der Waals surface area (Å²) in [5.41, 5.74) is 0. The molecule has 1 aromatic rings. The SMILES string of the molecule is CCCC(C(=O)OCCCCCCn1cc(F)c(=S)[nH]c1=S)C(C)C. The minimum Gasteiger partial charge on any atom is -0.465 e. The number of hydrogen-bond donors (Lipinski definition) is 1. The van der Waals surface area contributed by atoms with Gasteiger partial charge in [-0.2, -0.15) is 0 Å². The van der Waals surface area contributed by atoms with E-state index in [1.54, 1.807) is 4.57 Å². The molecule has 0 radical (unpaired) electrons. The van der Waals surface area contributed by atoms with Crippen LogP contribution in [0.4, 0.5) is 4.39 Å². The predicted octanol–water partition coefficient (Wildman–Crippen LogP) is 5.59. The van der Waals surface area contributed by atoms with Gasteiger partial charge in [0, 0.05) is 12.7 Å². The maximum absolute atomic E-state index is 13.4. The van der Waals surface area contributed by atoms with E-state index < -0.39 is 5.82 Å². The lowest BCUT2D eigenvalue weighted by molar-refractivity contribution is -0.150. The zero-order valence-electron chi connectivity index (χ0n) is 15.3. The second kappa shape index (κ2) is 11.5. The van der Waals surface area contributed by atoms with Crippen LogP contribution in [0, 0.1) is 27.1 Å². The van der Waals surface area contributed by atoms with Crippen molar-refractivity contribution in [3.05, 3.63) is 21.4 Å². The third-order valence-corrected chi connectivity index (χ3v) is 4.85. The van der Waals surface area contributed by atoms with E-state index in [0.29, 0.717) is 23.8 Å². The van der Waals surface area contributed by atoms with Gasteiger partial charge in [-0.3, -0.25) is 4.79 Å². The van der Waals surface area contributed by atoms with Gasteiger partial charge in [0.05, 0.1) is 12.5 Å². The Morgan fingerprint density at radius 1 is 1.28 bits per heavy atom. The third kappa shape index (κ3) is 7.77. The molecule has 25 heavy (non-hydrogen) atoms. The number of halogens is 1. The van der Waals surface area contributed by atoms with E-state index in [2.05, 4.69) is 25.8 Å². The summed E-state index contributed by atoms with van der Waals surface area (Å²) in [5, 5.41) is 0. The van der Waals surface area contributed by atoms with Crippen molar-refractivity contribution in [1.82, 2.24) is 9.55 Å². The zero-order chi connectivity index (χ0) is 18.8. The van der Waals surface area contributed by atoms with Crippen molar-refractivity contribution in [2.45, 2.75) is 65.8 Å². The van der Waals surface area contributed by atoms with E-state index in [1.807, 2.05) is 0 Å². The van der Waals surface area contributed by atoms with Gasteiger partial charge in [0.1, 0.15) is 4.64 Å². The van der Waals surface area contributed by atoms with Gasteiger partial charge in [-0.15, -0.1) is 0 Å². The first-order valence-electron chi connectivity index (χ1n) is 9.02. The van der Waals surface area contributed by atoms with E-state index in [4.69, 9.17) is 29.2 Å². The molecule has 1 rings (SSSR count). The number of unbranched alkanes of at least 4 members (excludes halogenated alkanes) is 3. The molecule has 0 amide bonds. The second-order valence-corrected chi connectivity index (χ2v) is 7.45. The van der Waals surface area contributed by atoms with Crippen LogP contribution in [0.3, 0.4) is 0 Å². The normalized spacial score (nSPS) is 12.4. The molecule has 1 unspecified atom stereocenters. The number of rotatable bonds is 11. The summed E-state index contributed by atoms with van der Waals surface area (Å²) >= 11 is 9.93. The standard InChI is InChI=1S/C18H29FN2O2S2/c1-4-9-14(13(2)3)17(22)23-11-8-6-5-7-10-21-12-15(19)16(24)20-18(21)25/h12-14H,4-11H2,1-3H3,(H,20,24,25). The molecular weight excluding hydrogens is 359 g/mol. The van der Waals surface area contributed by atoms with E-state index in [1.165, 1.54) is 6.20 Å². The Balaban J connectivity index is 2.22. The average molecular weight is 389 g/mol. The Kier molecular flexibility index (Phi) is 10.1. The minimum atomic E-state index is -0.456. The number of H-pyrrole nitrogens is 1. The van der Waals surface area contributed by atoms with Gasteiger partial charge >= 0.3 is 5.97 Å². The van der Waals surface area contributed by atoms with E-state index in [-0.39, 0.29) is 16.5 Å². The van der Waals surface area contributed by atoms with Crippen LogP contribution >= 0.6 is 24.4 Å². The molecule has 142 valence electrons. The van der Waals surface area contributed by atoms with Crippen molar-refractivity contribution >= 4 is 30.4 Å². The van der Waals surface area contributed by atoms with Gasteiger partial charge in [-0.1, -0.05) is 45.8 Å².